The van der Waals surface area contributed by atoms with E-state index in [2.05, 4.69) is 9.97 Å². The van der Waals surface area contributed by atoms with Gasteiger partial charge in [-0.2, -0.15) is 0 Å². The van der Waals surface area contributed by atoms with E-state index in [0.29, 0.717) is 19.8 Å². The molecule has 0 aliphatic heterocycles. The van der Waals surface area contributed by atoms with Crippen molar-refractivity contribution in [1.82, 2.24) is 9.97 Å². The molecule has 0 N–H and O–H groups in total. The third-order valence-corrected chi connectivity index (χ3v) is 6.29. The van der Waals surface area contributed by atoms with Gasteiger partial charge in [-0.05, 0) is 45.1 Å². The molecule has 0 fully saturated rings. The predicted molar refractivity (Wildman–Crippen MR) is 96.8 cm³/mol. The zero-order valence-electron chi connectivity index (χ0n) is 14.0. The summed E-state index contributed by atoms with van der Waals surface area (Å²) in [5.74, 6) is -0.226. The number of carbonyl (C=O) groups is 1. The van der Waals surface area contributed by atoms with Gasteiger partial charge in [0.25, 0.3) is 0 Å². The standard InChI is InChI=1S/C17H22N2O3S2/c1-3-21-8-9-22-17(20)11(2)23-15-14-12-6-4-5-7-13(12)24-16(14)19-10-18-15/h10-11H,3-9H2,1-2H3/t11-/m0/s1. The van der Waals surface area contributed by atoms with Crippen LogP contribution < -0.4 is 0 Å². The molecule has 2 aromatic heterocycles. The Balaban J connectivity index is 1.72. The Labute approximate surface area is 150 Å². The van der Waals surface area contributed by atoms with Crippen LogP contribution in [0.4, 0.5) is 0 Å². The van der Waals surface area contributed by atoms with Gasteiger partial charge >= 0.3 is 5.97 Å². The highest BCUT2D eigenvalue weighted by Crippen LogP contribution is 2.40. The lowest BCUT2D eigenvalue weighted by Gasteiger charge is -2.13. The minimum absolute atomic E-state index is 0.226. The van der Waals surface area contributed by atoms with Crippen molar-refractivity contribution in [3.63, 3.8) is 0 Å². The third kappa shape index (κ3) is 3.90. The molecule has 130 valence electrons. The van der Waals surface area contributed by atoms with Crippen LogP contribution in [-0.4, -0.2) is 41.0 Å². The van der Waals surface area contributed by atoms with E-state index in [1.807, 2.05) is 13.8 Å². The summed E-state index contributed by atoms with van der Waals surface area (Å²) >= 11 is 3.23. The zero-order chi connectivity index (χ0) is 16.9. The van der Waals surface area contributed by atoms with Crippen molar-refractivity contribution in [2.24, 2.45) is 0 Å². The van der Waals surface area contributed by atoms with Crippen molar-refractivity contribution >= 4 is 39.3 Å². The molecule has 7 heteroatoms. The lowest BCUT2D eigenvalue weighted by molar-refractivity contribution is -0.144. The summed E-state index contributed by atoms with van der Waals surface area (Å²) in [6.45, 7) is 5.15. The van der Waals surface area contributed by atoms with E-state index >= 15 is 0 Å². The van der Waals surface area contributed by atoms with Crippen LogP contribution >= 0.6 is 23.1 Å². The highest BCUT2D eigenvalue weighted by molar-refractivity contribution is 8.00. The lowest BCUT2D eigenvalue weighted by Crippen LogP contribution is -2.19. The van der Waals surface area contributed by atoms with Crippen LogP contribution in [0.15, 0.2) is 11.4 Å². The normalized spacial score (nSPS) is 15.2. The number of carbonyl (C=O) groups excluding carboxylic acids is 1. The van der Waals surface area contributed by atoms with Crippen LogP contribution in [0.2, 0.25) is 0 Å². The average Bonchev–Trinajstić information content (AvgIpc) is 2.98. The molecule has 0 aromatic carbocycles. The molecule has 0 spiro atoms. The predicted octanol–water partition coefficient (Wildman–Crippen LogP) is 3.63. The van der Waals surface area contributed by atoms with Gasteiger partial charge in [0.15, 0.2) is 0 Å². The van der Waals surface area contributed by atoms with Gasteiger partial charge in [-0.3, -0.25) is 4.79 Å². The minimum atomic E-state index is -0.302. The Hall–Kier alpha value is -1.18. The first-order valence-electron chi connectivity index (χ1n) is 8.37. The van der Waals surface area contributed by atoms with Crippen molar-refractivity contribution in [2.75, 3.05) is 19.8 Å². The Bertz CT molecular complexity index is 717. The van der Waals surface area contributed by atoms with Gasteiger partial charge in [0.05, 0.1) is 6.61 Å². The Morgan fingerprint density at radius 1 is 1.33 bits per heavy atom. The van der Waals surface area contributed by atoms with Gasteiger partial charge in [0, 0.05) is 16.9 Å². The third-order valence-electron chi connectivity index (χ3n) is 4.01. The molecule has 1 atom stereocenters. The van der Waals surface area contributed by atoms with E-state index in [0.717, 1.165) is 28.1 Å². The molecule has 3 rings (SSSR count). The summed E-state index contributed by atoms with van der Waals surface area (Å²) in [5, 5.41) is 1.74. The van der Waals surface area contributed by atoms with Crippen LogP contribution in [-0.2, 0) is 27.1 Å². The van der Waals surface area contributed by atoms with E-state index in [1.165, 1.54) is 35.0 Å². The fraction of sp³-hybridized carbons (Fsp3) is 0.588. The first-order valence-corrected chi connectivity index (χ1v) is 10.1. The van der Waals surface area contributed by atoms with Crippen LogP contribution in [0.25, 0.3) is 10.2 Å². The maximum absolute atomic E-state index is 12.1. The first kappa shape index (κ1) is 17.6. The number of esters is 1. The second-order valence-corrected chi connectivity index (χ2v) is 8.11. The second-order valence-electron chi connectivity index (χ2n) is 5.69. The van der Waals surface area contributed by atoms with Gasteiger partial charge < -0.3 is 9.47 Å². The van der Waals surface area contributed by atoms with Gasteiger partial charge in [0.2, 0.25) is 0 Å². The van der Waals surface area contributed by atoms with Crippen LogP contribution in [0.1, 0.15) is 37.1 Å². The summed E-state index contributed by atoms with van der Waals surface area (Å²) in [6, 6.07) is 0. The molecule has 2 heterocycles. The Morgan fingerprint density at radius 2 is 2.17 bits per heavy atom. The number of hydrogen-bond acceptors (Lipinski definition) is 7. The fourth-order valence-electron chi connectivity index (χ4n) is 2.83. The van der Waals surface area contributed by atoms with Gasteiger partial charge in [-0.15, -0.1) is 11.3 Å². The summed E-state index contributed by atoms with van der Waals surface area (Å²) in [6.07, 6.45) is 6.28. The maximum atomic E-state index is 12.1. The molecule has 0 saturated heterocycles. The monoisotopic (exact) mass is 366 g/mol. The molecule has 0 unspecified atom stereocenters. The lowest BCUT2D eigenvalue weighted by atomic mass is 9.97. The number of rotatable bonds is 7. The van der Waals surface area contributed by atoms with Crippen LogP contribution in [0.3, 0.4) is 0 Å². The number of thioether (sulfide) groups is 1. The molecule has 0 radical (unpaired) electrons. The number of thiophene rings is 1. The zero-order valence-corrected chi connectivity index (χ0v) is 15.7. The second kappa shape index (κ2) is 8.27. The molecule has 0 amide bonds. The molecule has 24 heavy (non-hydrogen) atoms. The van der Waals surface area contributed by atoms with E-state index in [1.54, 1.807) is 17.7 Å². The molecule has 2 aromatic rings. The average molecular weight is 367 g/mol. The van der Waals surface area contributed by atoms with Gasteiger partial charge in [-0.1, -0.05) is 11.8 Å². The topological polar surface area (TPSA) is 61.3 Å². The number of ether oxygens (including phenoxy) is 2. The number of nitrogens with zero attached hydrogens (tertiary/aromatic N) is 2. The minimum Gasteiger partial charge on any atom is -0.462 e. The smallest absolute Gasteiger partial charge is 0.319 e. The molecule has 5 nitrogen and oxygen atoms in total. The van der Waals surface area contributed by atoms with Crippen molar-refractivity contribution in [3.8, 4) is 0 Å². The summed E-state index contributed by atoms with van der Waals surface area (Å²) in [4.78, 5) is 23.5. The van der Waals surface area contributed by atoms with Crippen molar-refractivity contribution < 1.29 is 14.3 Å². The highest BCUT2D eigenvalue weighted by Gasteiger charge is 2.23. The first-order chi connectivity index (χ1) is 11.7. The molecule has 0 saturated carbocycles. The quantitative estimate of drug-likeness (QED) is 0.323. The largest absolute Gasteiger partial charge is 0.462 e. The SMILES string of the molecule is CCOCCOC(=O)[C@H](C)Sc1ncnc2sc3c(c12)CCCC3. The molecular formula is C17H22N2O3S2. The molecule has 0 bridgehead atoms. The highest BCUT2D eigenvalue weighted by atomic mass is 32.2. The molecular weight excluding hydrogens is 344 g/mol. The van der Waals surface area contributed by atoms with Gasteiger partial charge in [0.1, 0.15) is 28.0 Å². The van der Waals surface area contributed by atoms with Crippen molar-refractivity contribution in [3.05, 3.63) is 16.8 Å². The van der Waals surface area contributed by atoms with E-state index in [-0.39, 0.29) is 11.2 Å². The van der Waals surface area contributed by atoms with Crippen molar-refractivity contribution in [2.45, 2.75) is 49.8 Å². The van der Waals surface area contributed by atoms with E-state index in [9.17, 15) is 4.79 Å². The van der Waals surface area contributed by atoms with Crippen molar-refractivity contribution in [1.29, 1.82) is 0 Å². The van der Waals surface area contributed by atoms with Crippen LogP contribution in [0, 0.1) is 0 Å². The van der Waals surface area contributed by atoms with E-state index < -0.39 is 0 Å². The Morgan fingerprint density at radius 3 is 3.00 bits per heavy atom. The number of aryl methyl sites for hydroxylation is 2. The van der Waals surface area contributed by atoms with E-state index in [4.69, 9.17) is 9.47 Å². The van der Waals surface area contributed by atoms with Gasteiger partial charge in [-0.25, -0.2) is 9.97 Å². The summed E-state index contributed by atoms with van der Waals surface area (Å²) in [5.41, 5.74) is 1.39. The number of aromatic nitrogens is 2. The molecule has 1 aliphatic rings. The summed E-state index contributed by atoms with van der Waals surface area (Å²) < 4.78 is 10.4. The maximum Gasteiger partial charge on any atom is 0.319 e. The number of hydrogen-bond donors (Lipinski definition) is 0. The summed E-state index contributed by atoms with van der Waals surface area (Å²) in [7, 11) is 0. The van der Waals surface area contributed by atoms with Crippen LogP contribution in [0.5, 0.6) is 0 Å². The number of fused-ring (bicyclic) bond motifs is 3. The molecule has 1 aliphatic carbocycles. The Kier molecular flexibility index (Phi) is 6.08. The fourth-order valence-corrected chi connectivity index (χ4v) is 5.07.